The Morgan fingerprint density at radius 1 is 1.61 bits per heavy atom. The minimum atomic E-state index is 0.187. The molecule has 2 fully saturated rings. The van der Waals surface area contributed by atoms with Crippen LogP contribution >= 0.6 is 0 Å². The minimum Gasteiger partial charge on any atom is -0.355 e. The van der Waals surface area contributed by atoms with E-state index < -0.39 is 0 Å². The molecule has 3 atom stereocenters. The van der Waals surface area contributed by atoms with Crippen molar-refractivity contribution in [1.29, 1.82) is 0 Å². The number of nitrogens with one attached hydrogen (secondary N) is 2. The van der Waals surface area contributed by atoms with Gasteiger partial charge in [-0.05, 0) is 25.3 Å². The molecule has 0 aliphatic carbocycles. The predicted octanol–water partition coefficient (Wildman–Crippen LogP) is 0.219. The maximum atomic E-state index is 12.1. The molecule has 0 aromatic carbocycles. The van der Waals surface area contributed by atoms with Crippen LogP contribution in [0.3, 0.4) is 0 Å². The maximum Gasteiger partial charge on any atom is 0.224 e. The van der Waals surface area contributed by atoms with Crippen molar-refractivity contribution in [2.45, 2.75) is 37.8 Å². The number of hydrogen-bond donors (Lipinski definition) is 2. The fraction of sp³-hybridized carbons (Fsp3) is 0.692. The normalized spacial score (nSPS) is 29.7. The van der Waals surface area contributed by atoms with Gasteiger partial charge in [-0.25, -0.2) is 0 Å². The predicted molar refractivity (Wildman–Crippen MR) is 68.0 cm³/mol. The summed E-state index contributed by atoms with van der Waals surface area (Å²) in [7, 11) is 1.91. The third-order valence-corrected chi connectivity index (χ3v) is 4.09. The van der Waals surface area contributed by atoms with Crippen LogP contribution in [0, 0.1) is 5.92 Å². The molecule has 2 saturated heterocycles. The average molecular weight is 248 g/mol. The molecule has 2 bridgehead atoms. The maximum absolute atomic E-state index is 12.1. The highest BCUT2D eigenvalue weighted by Crippen LogP contribution is 2.33. The summed E-state index contributed by atoms with van der Waals surface area (Å²) in [5, 5.41) is 10.8. The molecule has 2 aliphatic heterocycles. The molecule has 18 heavy (non-hydrogen) atoms. The Labute approximate surface area is 107 Å². The smallest absolute Gasteiger partial charge is 0.224 e. The molecule has 5 heteroatoms. The summed E-state index contributed by atoms with van der Waals surface area (Å²) in [6.07, 6.45) is 6.14. The molecule has 3 rings (SSSR count). The Balaban J connectivity index is 1.44. The lowest BCUT2D eigenvalue weighted by molar-refractivity contribution is -0.125. The third kappa shape index (κ3) is 2.27. The molecule has 1 aromatic heterocycles. The number of rotatable bonds is 4. The number of aryl methyl sites for hydroxylation is 1. The van der Waals surface area contributed by atoms with Crippen molar-refractivity contribution in [1.82, 2.24) is 20.4 Å². The first kappa shape index (κ1) is 11.7. The third-order valence-electron chi connectivity index (χ3n) is 4.09. The van der Waals surface area contributed by atoms with Gasteiger partial charge < -0.3 is 10.6 Å². The molecule has 3 heterocycles. The summed E-state index contributed by atoms with van der Waals surface area (Å²) in [6, 6.07) is 3.00. The van der Waals surface area contributed by atoms with Gasteiger partial charge in [0.25, 0.3) is 0 Å². The lowest BCUT2D eigenvalue weighted by Gasteiger charge is -2.19. The zero-order valence-corrected chi connectivity index (χ0v) is 10.7. The molecule has 0 saturated carbocycles. The second-order valence-electron chi connectivity index (χ2n) is 5.41. The van der Waals surface area contributed by atoms with E-state index in [4.69, 9.17) is 0 Å². The van der Waals surface area contributed by atoms with E-state index in [1.165, 1.54) is 6.42 Å². The quantitative estimate of drug-likeness (QED) is 0.801. The van der Waals surface area contributed by atoms with Crippen LogP contribution in [0.2, 0.25) is 0 Å². The summed E-state index contributed by atoms with van der Waals surface area (Å²) < 4.78 is 1.79. The van der Waals surface area contributed by atoms with E-state index in [0.29, 0.717) is 18.6 Å². The van der Waals surface area contributed by atoms with Crippen LogP contribution in [0.1, 0.15) is 25.0 Å². The number of carbonyl (C=O) groups is 1. The van der Waals surface area contributed by atoms with Gasteiger partial charge in [-0.2, -0.15) is 5.10 Å². The Morgan fingerprint density at radius 3 is 3.11 bits per heavy atom. The van der Waals surface area contributed by atoms with Crippen molar-refractivity contribution in [2.75, 3.05) is 6.54 Å². The van der Waals surface area contributed by atoms with E-state index in [9.17, 15) is 4.79 Å². The van der Waals surface area contributed by atoms with E-state index in [-0.39, 0.29) is 11.8 Å². The van der Waals surface area contributed by atoms with Crippen LogP contribution in [-0.4, -0.2) is 34.3 Å². The van der Waals surface area contributed by atoms with Gasteiger partial charge >= 0.3 is 0 Å². The van der Waals surface area contributed by atoms with Gasteiger partial charge in [0.05, 0.1) is 11.6 Å². The molecular formula is C13H20N4O. The van der Waals surface area contributed by atoms with Gasteiger partial charge in [-0.1, -0.05) is 0 Å². The van der Waals surface area contributed by atoms with Crippen LogP contribution in [0.25, 0.3) is 0 Å². The van der Waals surface area contributed by atoms with Crippen LogP contribution in [0.4, 0.5) is 0 Å². The first-order valence-electron chi connectivity index (χ1n) is 6.74. The van der Waals surface area contributed by atoms with Crippen molar-refractivity contribution >= 4 is 5.91 Å². The number of hydrogen-bond acceptors (Lipinski definition) is 3. The highest BCUT2D eigenvalue weighted by atomic mass is 16.1. The van der Waals surface area contributed by atoms with E-state index >= 15 is 0 Å². The molecule has 1 amide bonds. The van der Waals surface area contributed by atoms with Crippen LogP contribution < -0.4 is 10.6 Å². The monoisotopic (exact) mass is 248 g/mol. The molecule has 2 N–H and O–H groups in total. The van der Waals surface area contributed by atoms with Gasteiger partial charge in [-0.15, -0.1) is 0 Å². The lowest BCUT2D eigenvalue weighted by atomic mass is 9.88. The first-order chi connectivity index (χ1) is 8.72. The van der Waals surface area contributed by atoms with Gasteiger partial charge in [0.15, 0.2) is 0 Å². The second kappa shape index (κ2) is 4.72. The van der Waals surface area contributed by atoms with Crippen LogP contribution in [0.15, 0.2) is 12.3 Å². The fourth-order valence-electron chi connectivity index (χ4n) is 3.16. The summed E-state index contributed by atoms with van der Waals surface area (Å²) >= 11 is 0. The van der Waals surface area contributed by atoms with Gasteiger partial charge in [-0.3, -0.25) is 9.48 Å². The van der Waals surface area contributed by atoms with Crippen molar-refractivity contribution in [3.05, 3.63) is 18.0 Å². The second-order valence-corrected chi connectivity index (χ2v) is 5.41. The van der Waals surface area contributed by atoms with Crippen LogP contribution in [-0.2, 0) is 18.3 Å². The molecule has 0 spiro atoms. The zero-order chi connectivity index (χ0) is 12.5. The molecular weight excluding hydrogens is 228 g/mol. The van der Waals surface area contributed by atoms with E-state index in [1.54, 1.807) is 4.68 Å². The summed E-state index contributed by atoms with van der Waals surface area (Å²) in [4.78, 5) is 12.1. The first-order valence-corrected chi connectivity index (χ1v) is 6.74. The standard InChI is InChI=1S/C13H20N4O/c1-17-7-5-9(16-17)4-6-14-13(18)11-8-10-2-3-12(11)15-10/h5,7,10-12,15H,2-4,6,8H2,1H3,(H,14,18). The van der Waals surface area contributed by atoms with Crippen molar-refractivity contribution in [2.24, 2.45) is 13.0 Å². The van der Waals surface area contributed by atoms with E-state index in [2.05, 4.69) is 15.7 Å². The fourth-order valence-corrected chi connectivity index (χ4v) is 3.16. The van der Waals surface area contributed by atoms with Crippen molar-refractivity contribution in [3.8, 4) is 0 Å². The largest absolute Gasteiger partial charge is 0.355 e. The summed E-state index contributed by atoms with van der Waals surface area (Å²) in [5.41, 5.74) is 1.03. The van der Waals surface area contributed by atoms with E-state index in [0.717, 1.165) is 25.0 Å². The topological polar surface area (TPSA) is 59.0 Å². The number of fused-ring (bicyclic) bond motifs is 2. The van der Waals surface area contributed by atoms with E-state index in [1.807, 2.05) is 19.3 Å². The highest BCUT2D eigenvalue weighted by Gasteiger charge is 2.42. The Morgan fingerprint density at radius 2 is 2.50 bits per heavy atom. The lowest BCUT2D eigenvalue weighted by Crippen LogP contribution is -2.38. The summed E-state index contributed by atoms with van der Waals surface area (Å²) in [5.74, 6) is 0.401. The summed E-state index contributed by atoms with van der Waals surface area (Å²) in [6.45, 7) is 0.684. The number of nitrogens with zero attached hydrogens (tertiary/aromatic N) is 2. The molecule has 5 nitrogen and oxygen atoms in total. The van der Waals surface area contributed by atoms with Gasteiger partial charge in [0.2, 0.25) is 5.91 Å². The molecule has 98 valence electrons. The van der Waals surface area contributed by atoms with Crippen molar-refractivity contribution in [3.63, 3.8) is 0 Å². The SMILES string of the molecule is Cn1ccc(CCNC(=O)C2CC3CCC2N3)n1. The molecule has 3 unspecified atom stereocenters. The molecule has 0 radical (unpaired) electrons. The van der Waals surface area contributed by atoms with Crippen molar-refractivity contribution < 1.29 is 4.79 Å². The van der Waals surface area contributed by atoms with Crippen LogP contribution in [0.5, 0.6) is 0 Å². The zero-order valence-electron chi connectivity index (χ0n) is 10.7. The number of aromatic nitrogens is 2. The Hall–Kier alpha value is -1.36. The van der Waals surface area contributed by atoms with Gasteiger partial charge in [0, 0.05) is 38.3 Å². The number of carbonyl (C=O) groups excluding carboxylic acids is 1. The minimum absolute atomic E-state index is 0.187. The Kier molecular flexibility index (Phi) is 3.07. The number of amides is 1. The van der Waals surface area contributed by atoms with Gasteiger partial charge in [0.1, 0.15) is 0 Å². The molecule has 2 aliphatic rings. The molecule has 1 aromatic rings. The Bertz CT molecular complexity index is 442. The highest BCUT2D eigenvalue weighted by molar-refractivity contribution is 5.80. The average Bonchev–Trinajstić information content (AvgIpc) is 3.05.